The van der Waals surface area contributed by atoms with Crippen molar-refractivity contribution in [3.05, 3.63) is 23.3 Å². The van der Waals surface area contributed by atoms with E-state index in [4.69, 9.17) is 14.6 Å². The maximum Gasteiger partial charge on any atom is 0.238 e. The first-order valence-electron chi connectivity index (χ1n) is 6.06. The van der Waals surface area contributed by atoms with Gasteiger partial charge >= 0.3 is 0 Å². The highest BCUT2D eigenvalue weighted by atomic mass is 32.2. The van der Waals surface area contributed by atoms with E-state index in [2.05, 4.69) is 0 Å². The Hall–Kier alpha value is -1.11. The summed E-state index contributed by atoms with van der Waals surface area (Å²) < 4.78 is 33.6. The van der Waals surface area contributed by atoms with Crippen LogP contribution in [0.15, 0.2) is 17.0 Å². The molecule has 2 N–H and O–H groups in total. The Balaban J connectivity index is 2.97. The molecule has 0 saturated carbocycles. The van der Waals surface area contributed by atoms with E-state index < -0.39 is 10.0 Å². The summed E-state index contributed by atoms with van der Waals surface area (Å²) in [6.07, 6.45) is 0.768. The molecule has 0 saturated heterocycles. The lowest BCUT2D eigenvalue weighted by molar-refractivity contribution is 0.134. The van der Waals surface area contributed by atoms with Gasteiger partial charge < -0.3 is 9.47 Å². The quantitative estimate of drug-likeness (QED) is 0.864. The van der Waals surface area contributed by atoms with E-state index in [1.165, 1.54) is 6.07 Å². The summed E-state index contributed by atoms with van der Waals surface area (Å²) in [5.41, 5.74) is 1.41. The van der Waals surface area contributed by atoms with Crippen molar-refractivity contribution >= 4 is 10.0 Å². The van der Waals surface area contributed by atoms with Crippen molar-refractivity contribution in [2.75, 3.05) is 13.7 Å². The Morgan fingerprint density at radius 2 is 1.89 bits per heavy atom. The van der Waals surface area contributed by atoms with Gasteiger partial charge in [-0.05, 0) is 44.0 Å². The molecule has 0 amide bonds. The fourth-order valence-electron chi connectivity index (χ4n) is 1.77. The molecule has 1 rings (SSSR count). The van der Waals surface area contributed by atoms with Crippen LogP contribution < -0.4 is 9.88 Å². The summed E-state index contributed by atoms with van der Waals surface area (Å²) in [6.45, 7) is 6.11. The van der Waals surface area contributed by atoms with Crippen LogP contribution in [-0.4, -0.2) is 28.2 Å². The van der Waals surface area contributed by atoms with Gasteiger partial charge in [-0.3, -0.25) is 0 Å². The van der Waals surface area contributed by atoms with Gasteiger partial charge in [0.25, 0.3) is 0 Å². The molecule has 0 aliphatic carbocycles. The number of primary sulfonamides is 1. The van der Waals surface area contributed by atoms with Gasteiger partial charge in [-0.25, -0.2) is 13.6 Å². The van der Waals surface area contributed by atoms with E-state index in [1.54, 1.807) is 20.1 Å². The molecule has 0 fully saturated rings. The van der Waals surface area contributed by atoms with E-state index in [0.717, 1.165) is 12.0 Å². The number of sulfonamides is 1. The smallest absolute Gasteiger partial charge is 0.238 e. The monoisotopic (exact) mass is 287 g/mol. The second kappa shape index (κ2) is 6.36. The van der Waals surface area contributed by atoms with E-state index in [1.807, 2.05) is 13.8 Å². The van der Waals surface area contributed by atoms with Crippen molar-refractivity contribution in [2.24, 2.45) is 5.14 Å². The van der Waals surface area contributed by atoms with Crippen molar-refractivity contribution in [1.29, 1.82) is 0 Å². The molecule has 1 aromatic rings. The number of hydrogen-bond acceptors (Lipinski definition) is 4. The summed E-state index contributed by atoms with van der Waals surface area (Å²) in [4.78, 5) is 0.141. The highest BCUT2D eigenvalue weighted by Gasteiger charge is 2.16. The standard InChI is InChI=1S/C13H21NO4S/c1-9(7-8-17-4)18-12-5-6-13(19(14,15)16)11(3)10(12)2/h5-6,9H,7-8H2,1-4H3,(H2,14,15,16). The van der Waals surface area contributed by atoms with E-state index in [-0.39, 0.29) is 11.0 Å². The van der Waals surface area contributed by atoms with Crippen LogP contribution in [0.3, 0.4) is 0 Å². The van der Waals surface area contributed by atoms with Crippen LogP contribution >= 0.6 is 0 Å². The van der Waals surface area contributed by atoms with Crippen LogP contribution in [-0.2, 0) is 14.8 Å². The molecule has 0 heterocycles. The molecule has 0 aromatic heterocycles. The summed E-state index contributed by atoms with van der Waals surface area (Å²) in [5.74, 6) is 0.675. The number of nitrogens with two attached hydrogens (primary N) is 1. The van der Waals surface area contributed by atoms with Crippen molar-refractivity contribution < 1.29 is 17.9 Å². The third kappa shape index (κ3) is 4.19. The maximum absolute atomic E-state index is 11.4. The Morgan fingerprint density at radius 1 is 1.26 bits per heavy atom. The summed E-state index contributed by atoms with van der Waals surface area (Å²) in [6, 6.07) is 3.13. The number of benzene rings is 1. The molecule has 5 nitrogen and oxygen atoms in total. The van der Waals surface area contributed by atoms with Crippen molar-refractivity contribution in [3.63, 3.8) is 0 Å². The van der Waals surface area contributed by atoms with Crippen molar-refractivity contribution in [3.8, 4) is 5.75 Å². The molecule has 6 heteroatoms. The molecule has 1 unspecified atom stereocenters. The highest BCUT2D eigenvalue weighted by molar-refractivity contribution is 7.89. The molecule has 0 aliphatic rings. The van der Waals surface area contributed by atoms with Crippen LogP contribution in [0.25, 0.3) is 0 Å². The second-order valence-corrected chi connectivity index (χ2v) is 6.10. The molecular formula is C13H21NO4S. The van der Waals surface area contributed by atoms with E-state index in [0.29, 0.717) is 17.9 Å². The van der Waals surface area contributed by atoms with Crippen LogP contribution in [0.2, 0.25) is 0 Å². The zero-order valence-corrected chi connectivity index (χ0v) is 12.6. The van der Waals surface area contributed by atoms with Crippen LogP contribution in [0.1, 0.15) is 24.5 Å². The Morgan fingerprint density at radius 3 is 2.42 bits per heavy atom. The lowest BCUT2D eigenvalue weighted by atomic mass is 10.1. The highest BCUT2D eigenvalue weighted by Crippen LogP contribution is 2.27. The Bertz CT molecular complexity index is 540. The lowest BCUT2D eigenvalue weighted by Gasteiger charge is -2.18. The van der Waals surface area contributed by atoms with Crippen molar-refractivity contribution in [1.82, 2.24) is 0 Å². The lowest BCUT2D eigenvalue weighted by Crippen LogP contribution is -2.17. The molecule has 108 valence electrons. The third-order valence-electron chi connectivity index (χ3n) is 3.05. The molecule has 0 radical (unpaired) electrons. The first-order chi connectivity index (χ1) is 8.77. The Labute approximate surface area is 114 Å². The van der Waals surface area contributed by atoms with E-state index >= 15 is 0 Å². The summed E-state index contributed by atoms with van der Waals surface area (Å²) >= 11 is 0. The molecular weight excluding hydrogens is 266 g/mol. The SMILES string of the molecule is COCCC(C)Oc1ccc(S(N)(=O)=O)c(C)c1C. The van der Waals surface area contributed by atoms with Gasteiger partial charge in [0, 0.05) is 20.1 Å². The largest absolute Gasteiger partial charge is 0.490 e. The number of methoxy groups -OCH3 is 1. The van der Waals surface area contributed by atoms with Gasteiger partial charge in [0.2, 0.25) is 10.0 Å². The normalized spacial score (nSPS) is 13.3. The van der Waals surface area contributed by atoms with Gasteiger partial charge in [-0.1, -0.05) is 0 Å². The van der Waals surface area contributed by atoms with Gasteiger partial charge in [0.15, 0.2) is 0 Å². The first-order valence-corrected chi connectivity index (χ1v) is 7.60. The van der Waals surface area contributed by atoms with E-state index in [9.17, 15) is 8.42 Å². The van der Waals surface area contributed by atoms with Crippen molar-refractivity contribution in [2.45, 2.75) is 38.2 Å². The summed E-state index contributed by atoms with van der Waals surface area (Å²) in [7, 11) is -2.05. The van der Waals surface area contributed by atoms with Gasteiger partial charge in [-0.2, -0.15) is 0 Å². The number of rotatable bonds is 6. The number of hydrogen-bond donors (Lipinski definition) is 1. The average Bonchev–Trinajstić information content (AvgIpc) is 2.31. The zero-order valence-electron chi connectivity index (χ0n) is 11.8. The average molecular weight is 287 g/mol. The Kier molecular flexibility index (Phi) is 5.34. The van der Waals surface area contributed by atoms with Crippen LogP contribution in [0.5, 0.6) is 5.75 Å². The van der Waals surface area contributed by atoms with Crippen LogP contribution in [0.4, 0.5) is 0 Å². The fraction of sp³-hybridized carbons (Fsp3) is 0.538. The topological polar surface area (TPSA) is 78.6 Å². The summed E-state index contributed by atoms with van der Waals surface area (Å²) in [5, 5.41) is 5.16. The zero-order chi connectivity index (χ0) is 14.6. The minimum absolute atomic E-state index is 0.00150. The molecule has 0 bridgehead atoms. The molecule has 1 atom stereocenters. The third-order valence-corrected chi connectivity index (χ3v) is 4.11. The second-order valence-electron chi connectivity index (χ2n) is 4.57. The fourth-order valence-corrected chi connectivity index (χ4v) is 2.60. The predicted molar refractivity (Wildman–Crippen MR) is 73.9 cm³/mol. The van der Waals surface area contributed by atoms with Gasteiger partial charge in [0.1, 0.15) is 5.75 Å². The van der Waals surface area contributed by atoms with Crippen LogP contribution in [0, 0.1) is 13.8 Å². The molecule has 19 heavy (non-hydrogen) atoms. The minimum Gasteiger partial charge on any atom is -0.490 e. The predicted octanol–water partition coefficient (Wildman–Crippen LogP) is 1.75. The molecule has 0 spiro atoms. The maximum atomic E-state index is 11.4. The molecule has 1 aromatic carbocycles. The number of ether oxygens (including phenoxy) is 2. The molecule has 0 aliphatic heterocycles. The minimum atomic E-state index is -3.69. The first kappa shape index (κ1) is 15.9. The van der Waals surface area contributed by atoms with Gasteiger partial charge in [-0.15, -0.1) is 0 Å². The van der Waals surface area contributed by atoms with Gasteiger partial charge in [0.05, 0.1) is 11.0 Å².